The number of aromatic nitrogens is 1. The predicted molar refractivity (Wildman–Crippen MR) is 89.6 cm³/mol. The van der Waals surface area contributed by atoms with Gasteiger partial charge in [-0.3, -0.25) is 0 Å². The van der Waals surface area contributed by atoms with Gasteiger partial charge in [0.25, 0.3) is 0 Å². The SMILES string of the molecule is CCOC(=O)NC(=O)N(S)c1nc(C(=O)OCC)c(C)cc1Br. The monoisotopic (exact) mass is 405 g/mol. The Morgan fingerprint density at radius 3 is 2.48 bits per heavy atom. The molecule has 8 nitrogen and oxygen atoms in total. The van der Waals surface area contributed by atoms with Crippen molar-refractivity contribution in [3.05, 3.63) is 21.8 Å². The highest BCUT2D eigenvalue weighted by atomic mass is 79.9. The molecule has 0 fully saturated rings. The first-order valence-corrected chi connectivity index (χ1v) is 7.82. The topological polar surface area (TPSA) is 97.8 Å². The Labute approximate surface area is 147 Å². The quantitative estimate of drug-likeness (QED) is 0.590. The van der Waals surface area contributed by atoms with Crippen LogP contribution in [0.4, 0.5) is 15.4 Å². The standard InChI is InChI=1S/C13H16BrN3O5S/c1-4-21-11(18)9-7(3)6-8(14)10(15-9)17(23)12(19)16-13(20)22-5-2/h6,23H,4-5H2,1-3H3,(H,16,19,20). The number of nitrogens with zero attached hydrogens (tertiary/aromatic N) is 2. The number of anilines is 1. The zero-order chi connectivity index (χ0) is 17.6. The second-order valence-corrected chi connectivity index (χ2v) is 5.40. The molecule has 0 radical (unpaired) electrons. The van der Waals surface area contributed by atoms with E-state index in [-0.39, 0.29) is 24.7 Å². The van der Waals surface area contributed by atoms with Crippen molar-refractivity contribution in [1.82, 2.24) is 10.3 Å². The lowest BCUT2D eigenvalue weighted by Gasteiger charge is -2.17. The lowest BCUT2D eigenvalue weighted by molar-refractivity contribution is 0.0518. The van der Waals surface area contributed by atoms with Gasteiger partial charge in [-0.1, -0.05) is 12.8 Å². The van der Waals surface area contributed by atoms with Crippen molar-refractivity contribution in [2.75, 3.05) is 17.5 Å². The van der Waals surface area contributed by atoms with Gasteiger partial charge in [-0.05, 0) is 48.3 Å². The zero-order valence-corrected chi connectivity index (χ0v) is 15.2. The molecule has 0 atom stereocenters. The largest absolute Gasteiger partial charge is 0.461 e. The highest BCUT2D eigenvalue weighted by Gasteiger charge is 2.23. The van der Waals surface area contributed by atoms with Crippen molar-refractivity contribution in [1.29, 1.82) is 0 Å². The number of hydrogen-bond donors (Lipinski definition) is 2. The van der Waals surface area contributed by atoms with E-state index in [1.165, 1.54) is 0 Å². The van der Waals surface area contributed by atoms with E-state index in [0.29, 0.717) is 10.0 Å². The third kappa shape index (κ3) is 5.10. The van der Waals surface area contributed by atoms with E-state index >= 15 is 0 Å². The lowest BCUT2D eigenvalue weighted by Crippen LogP contribution is -2.39. The molecule has 0 aliphatic rings. The minimum atomic E-state index is -0.912. The number of rotatable bonds is 4. The van der Waals surface area contributed by atoms with Gasteiger partial charge < -0.3 is 9.47 Å². The van der Waals surface area contributed by atoms with Crippen LogP contribution < -0.4 is 9.62 Å². The predicted octanol–water partition coefficient (Wildman–Crippen LogP) is 2.85. The van der Waals surface area contributed by atoms with Crippen LogP contribution in [0.1, 0.15) is 29.9 Å². The summed E-state index contributed by atoms with van der Waals surface area (Å²) in [5, 5.41) is 1.97. The molecule has 0 aliphatic heterocycles. The Hall–Kier alpha value is -1.81. The molecule has 0 saturated carbocycles. The smallest absolute Gasteiger partial charge is 0.415 e. The number of carbonyl (C=O) groups is 3. The molecule has 3 amide bonds. The average molecular weight is 406 g/mol. The summed E-state index contributed by atoms with van der Waals surface area (Å²) in [6.07, 6.45) is -0.912. The van der Waals surface area contributed by atoms with Gasteiger partial charge in [0.1, 0.15) is 0 Å². The number of amides is 3. The number of imide groups is 1. The number of urea groups is 1. The third-order valence-corrected chi connectivity index (χ3v) is 3.45. The van der Waals surface area contributed by atoms with Crippen LogP contribution in [0.3, 0.4) is 0 Å². The summed E-state index contributed by atoms with van der Waals surface area (Å²) in [4.78, 5) is 39.1. The number of aryl methyl sites for hydroxylation is 1. The van der Waals surface area contributed by atoms with E-state index in [4.69, 9.17) is 4.74 Å². The molecule has 1 heterocycles. The summed E-state index contributed by atoms with van der Waals surface area (Å²) < 4.78 is 10.7. The van der Waals surface area contributed by atoms with Crippen LogP contribution in [-0.2, 0) is 9.47 Å². The fourth-order valence-corrected chi connectivity index (χ4v) is 2.48. The molecule has 1 aromatic heterocycles. The molecule has 1 aromatic rings. The number of esters is 1. The molecule has 0 aromatic carbocycles. The maximum atomic E-state index is 11.9. The minimum Gasteiger partial charge on any atom is -0.461 e. The molecule has 126 valence electrons. The molecule has 0 saturated heterocycles. The molecular formula is C13H16BrN3O5S. The Morgan fingerprint density at radius 2 is 1.91 bits per heavy atom. The molecule has 0 aliphatic carbocycles. The van der Waals surface area contributed by atoms with Crippen molar-refractivity contribution < 1.29 is 23.9 Å². The minimum absolute atomic E-state index is 0.0313. The van der Waals surface area contributed by atoms with Crippen molar-refractivity contribution in [3.63, 3.8) is 0 Å². The maximum absolute atomic E-state index is 11.9. The number of halogens is 1. The van der Waals surface area contributed by atoms with Crippen LogP contribution in [0.5, 0.6) is 0 Å². The summed E-state index contributed by atoms with van der Waals surface area (Å²) >= 11 is 7.23. The van der Waals surface area contributed by atoms with Crippen LogP contribution in [0, 0.1) is 6.92 Å². The number of pyridine rings is 1. The molecule has 23 heavy (non-hydrogen) atoms. The normalized spacial score (nSPS) is 9.96. The second kappa shape index (κ2) is 8.73. The van der Waals surface area contributed by atoms with Gasteiger partial charge in [-0.25, -0.2) is 29.0 Å². The molecule has 10 heteroatoms. The van der Waals surface area contributed by atoms with Gasteiger partial charge >= 0.3 is 18.1 Å². The zero-order valence-electron chi connectivity index (χ0n) is 12.8. The Balaban J connectivity index is 3.06. The maximum Gasteiger partial charge on any atom is 0.415 e. The van der Waals surface area contributed by atoms with Crippen molar-refractivity contribution >= 4 is 52.7 Å². The molecule has 1 rings (SSSR count). The fraction of sp³-hybridized carbons (Fsp3) is 0.385. The summed E-state index contributed by atoms with van der Waals surface area (Å²) in [5.74, 6) is -0.588. The van der Waals surface area contributed by atoms with Crippen LogP contribution in [0.2, 0.25) is 0 Å². The molecule has 0 spiro atoms. The fourth-order valence-electron chi connectivity index (χ4n) is 1.53. The van der Waals surface area contributed by atoms with E-state index in [9.17, 15) is 14.4 Å². The van der Waals surface area contributed by atoms with Gasteiger partial charge in [-0.15, -0.1) is 0 Å². The number of hydrogen-bond acceptors (Lipinski definition) is 7. The number of ether oxygens (including phenoxy) is 2. The van der Waals surface area contributed by atoms with E-state index in [0.717, 1.165) is 4.31 Å². The summed E-state index contributed by atoms with van der Waals surface area (Å²) in [6, 6.07) is 0.716. The summed E-state index contributed by atoms with van der Waals surface area (Å²) in [7, 11) is 0. The summed E-state index contributed by atoms with van der Waals surface area (Å²) in [6.45, 7) is 5.26. The van der Waals surface area contributed by atoms with E-state index in [2.05, 4.69) is 38.5 Å². The first-order valence-electron chi connectivity index (χ1n) is 6.62. The number of thiol groups is 1. The number of alkyl carbamates (subject to hydrolysis) is 1. The highest BCUT2D eigenvalue weighted by Crippen LogP contribution is 2.28. The van der Waals surface area contributed by atoms with Crippen molar-refractivity contribution in [2.24, 2.45) is 0 Å². The third-order valence-electron chi connectivity index (χ3n) is 2.49. The van der Waals surface area contributed by atoms with E-state index < -0.39 is 18.1 Å². The van der Waals surface area contributed by atoms with Crippen LogP contribution in [0.15, 0.2) is 10.5 Å². The molecular weight excluding hydrogens is 390 g/mol. The lowest BCUT2D eigenvalue weighted by atomic mass is 10.2. The highest BCUT2D eigenvalue weighted by molar-refractivity contribution is 9.10. The first kappa shape index (κ1) is 19.2. The Bertz CT molecular complexity index is 626. The number of carbonyl (C=O) groups excluding carboxylic acids is 3. The van der Waals surface area contributed by atoms with Crippen molar-refractivity contribution in [2.45, 2.75) is 20.8 Å². The van der Waals surface area contributed by atoms with Gasteiger partial charge in [0.15, 0.2) is 11.5 Å². The van der Waals surface area contributed by atoms with E-state index in [1.54, 1.807) is 26.8 Å². The van der Waals surface area contributed by atoms with Gasteiger partial charge in [-0.2, -0.15) is 0 Å². The van der Waals surface area contributed by atoms with Crippen LogP contribution in [-0.4, -0.2) is 36.3 Å². The Kier molecular flexibility index (Phi) is 7.30. The van der Waals surface area contributed by atoms with Gasteiger partial charge in [0, 0.05) is 0 Å². The van der Waals surface area contributed by atoms with Crippen LogP contribution >= 0.6 is 28.7 Å². The number of nitrogens with one attached hydrogen (secondary N) is 1. The van der Waals surface area contributed by atoms with Gasteiger partial charge in [0.05, 0.1) is 17.7 Å². The second-order valence-electron chi connectivity index (χ2n) is 4.14. The van der Waals surface area contributed by atoms with Crippen molar-refractivity contribution in [3.8, 4) is 0 Å². The molecule has 0 unspecified atom stereocenters. The Morgan fingerprint density at radius 1 is 1.30 bits per heavy atom. The van der Waals surface area contributed by atoms with Gasteiger partial charge in [0.2, 0.25) is 0 Å². The van der Waals surface area contributed by atoms with E-state index in [1.807, 2.05) is 5.32 Å². The molecule has 0 bridgehead atoms. The molecule has 1 N–H and O–H groups in total. The van der Waals surface area contributed by atoms with Crippen LogP contribution in [0.25, 0.3) is 0 Å². The average Bonchev–Trinajstić information content (AvgIpc) is 2.47. The first-order chi connectivity index (χ1) is 10.8. The summed E-state index contributed by atoms with van der Waals surface area (Å²) in [5.41, 5.74) is 0.611.